The molecule has 20 heavy (non-hydrogen) atoms. The molecule has 1 amide bonds. The number of likely N-dealkylation sites (N-methyl/N-ethyl adjacent to an activating group) is 1. The molecular formula is C16H18N2O2. The third-order valence-corrected chi connectivity index (χ3v) is 3.10. The van der Waals surface area contributed by atoms with Crippen molar-refractivity contribution in [3.8, 4) is 11.3 Å². The Morgan fingerprint density at radius 3 is 2.85 bits per heavy atom. The van der Waals surface area contributed by atoms with E-state index >= 15 is 0 Å². The fourth-order valence-corrected chi connectivity index (χ4v) is 1.93. The highest BCUT2D eigenvalue weighted by atomic mass is 16.5. The highest BCUT2D eigenvalue weighted by molar-refractivity contribution is 5.86. The summed E-state index contributed by atoms with van der Waals surface area (Å²) in [5, 5.41) is 4.06. The smallest absolute Gasteiger partial charge is 0.245 e. The molecule has 1 aromatic heterocycles. The molecule has 2 rings (SSSR count). The summed E-state index contributed by atoms with van der Waals surface area (Å²) < 4.78 is 5.31. The maximum Gasteiger partial charge on any atom is 0.245 e. The summed E-state index contributed by atoms with van der Waals surface area (Å²) in [6.07, 6.45) is 2.91. The van der Waals surface area contributed by atoms with E-state index in [4.69, 9.17) is 4.52 Å². The second-order valence-corrected chi connectivity index (χ2v) is 4.61. The Labute approximate surface area is 118 Å². The summed E-state index contributed by atoms with van der Waals surface area (Å²) >= 11 is 0. The Balaban J connectivity index is 1.88. The van der Waals surface area contributed by atoms with Gasteiger partial charge < -0.3 is 9.42 Å². The van der Waals surface area contributed by atoms with E-state index in [1.165, 1.54) is 6.08 Å². The zero-order chi connectivity index (χ0) is 14.4. The van der Waals surface area contributed by atoms with E-state index < -0.39 is 0 Å². The van der Waals surface area contributed by atoms with Crippen molar-refractivity contribution in [2.45, 2.75) is 12.8 Å². The first-order chi connectivity index (χ1) is 9.70. The van der Waals surface area contributed by atoms with E-state index in [-0.39, 0.29) is 5.91 Å². The minimum Gasteiger partial charge on any atom is -0.361 e. The minimum absolute atomic E-state index is 0.0625. The van der Waals surface area contributed by atoms with E-state index in [2.05, 4.69) is 11.7 Å². The lowest BCUT2D eigenvalue weighted by Crippen LogP contribution is -2.25. The van der Waals surface area contributed by atoms with Crippen molar-refractivity contribution in [1.82, 2.24) is 10.1 Å². The van der Waals surface area contributed by atoms with Gasteiger partial charge in [0.1, 0.15) is 11.5 Å². The van der Waals surface area contributed by atoms with Crippen LogP contribution in [0.15, 0.2) is 53.6 Å². The number of rotatable bonds is 6. The van der Waals surface area contributed by atoms with Gasteiger partial charge in [0.15, 0.2) is 0 Å². The molecule has 1 aromatic carbocycles. The molecule has 4 heteroatoms. The lowest BCUT2D eigenvalue weighted by atomic mass is 10.1. The molecule has 4 nitrogen and oxygen atoms in total. The summed E-state index contributed by atoms with van der Waals surface area (Å²) in [4.78, 5) is 13.0. The largest absolute Gasteiger partial charge is 0.361 e. The monoisotopic (exact) mass is 270 g/mol. The van der Waals surface area contributed by atoms with E-state index in [9.17, 15) is 4.79 Å². The van der Waals surface area contributed by atoms with Crippen LogP contribution >= 0.6 is 0 Å². The molecule has 0 aliphatic heterocycles. The molecule has 104 valence electrons. The molecule has 0 fully saturated rings. The fourth-order valence-electron chi connectivity index (χ4n) is 1.93. The van der Waals surface area contributed by atoms with Gasteiger partial charge in [0.2, 0.25) is 5.91 Å². The molecular weight excluding hydrogens is 252 g/mol. The molecule has 1 heterocycles. The van der Waals surface area contributed by atoms with Gasteiger partial charge in [-0.05, 0) is 12.5 Å². The van der Waals surface area contributed by atoms with Crippen LogP contribution in [0.1, 0.15) is 12.2 Å². The van der Waals surface area contributed by atoms with Crippen molar-refractivity contribution in [3.63, 3.8) is 0 Å². The van der Waals surface area contributed by atoms with Gasteiger partial charge >= 0.3 is 0 Å². The van der Waals surface area contributed by atoms with Crippen molar-refractivity contribution in [3.05, 3.63) is 54.8 Å². The van der Waals surface area contributed by atoms with E-state index in [1.54, 1.807) is 11.9 Å². The van der Waals surface area contributed by atoms with E-state index in [0.717, 1.165) is 29.9 Å². The maximum absolute atomic E-state index is 11.3. The van der Waals surface area contributed by atoms with Crippen LogP contribution in [-0.2, 0) is 11.2 Å². The van der Waals surface area contributed by atoms with E-state index in [1.807, 2.05) is 36.4 Å². The van der Waals surface area contributed by atoms with Crippen LogP contribution in [-0.4, -0.2) is 29.6 Å². The van der Waals surface area contributed by atoms with Crippen LogP contribution in [0.4, 0.5) is 0 Å². The Kier molecular flexibility index (Phi) is 4.71. The van der Waals surface area contributed by atoms with Crippen LogP contribution in [0.25, 0.3) is 11.3 Å². The number of carbonyl (C=O) groups is 1. The number of hydrogen-bond acceptors (Lipinski definition) is 3. The Hall–Kier alpha value is -2.36. The Morgan fingerprint density at radius 2 is 2.15 bits per heavy atom. The summed E-state index contributed by atoms with van der Waals surface area (Å²) in [6, 6.07) is 11.9. The summed E-state index contributed by atoms with van der Waals surface area (Å²) in [6.45, 7) is 4.14. The highest BCUT2D eigenvalue weighted by Gasteiger charge is 2.08. The SMILES string of the molecule is C=CC(=O)N(C)CCCc1cc(-c2ccccc2)no1. The van der Waals surface area contributed by atoms with Crippen LogP contribution in [0.3, 0.4) is 0 Å². The Morgan fingerprint density at radius 1 is 1.40 bits per heavy atom. The van der Waals surface area contributed by atoms with Gasteiger partial charge in [0.05, 0.1) is 0 Å². The molecule has 0 aliphatic rings. The molecule has 2 aromatic rings. The lowest BCUT2D eigenvalue weighted by Gasteiger charge is -2.13. The lowest BCUT2D eigenvalue weighted by molar-refractivity contribution is -0.124. The number of nitrogens with zero attached hydrogens (tertiary/aromatic N) is 2. The van der Waals surface area contributed by atoms with Gasteiger partial charge in [-0.25, -0.2) is 0 Å². The topological polar surface area (TPSA) is 46.3 Å². The molecule has 0 bridgehead atoms. The van der Waals surface area contributed by atoms with Crippen molar-refractivity contribution >= 4 is 5.91 Å². The van der Waals surface area contributed by atoms with Gasteiger partial charge in [-0.15, -0.1) is 0 Å². The molecule has 0 radical (unpaired) electrons. The molecule has 0 unspecified atom stereocenters. The van der Waals surface area contributed by atoms with Gasteiger partial charge in [0, 0.05) is 31.6 Å². The third kappa shape index (κ3) is 3.57. The first kappa shape index (κ1) is 14.1. The molecule has 0 saturated carbocycles. The van der Waals surface area contributed by atoms with Crippen LogP contribution in [0.5, 0.6) is 0 Å². The number of amides is 1. The third-order valence-electron chi connectivity index (χ3n) is 3.10. The first-order valence-electron chi connectivity index (χ1n) is 6.59. The second kappa shape index (κ2) is 6.70. The van der Waals surface area contributed by atoms with Gasteiger partial charge in [-0.3, -0.25) is 4.79 Å². The van der Waals surface area contributed by atoms with Crippen molar-refractivity contribution < 1.29 is 9.32 Å². The Bertz CT molecular complexity index is 575. The molecule has 0 aliphatic carbocycles. The number of aromatic nitrogens is 1. The summed E-state index contributed by atoms with van der Waals surface area (Å²) in [5.74, 6) is 0.774. The predicted molar refractivity (Wildman–Crippen MR) is 78.1 cm³/mol. The minimum atomic E-state index is -0.0625. The average Bonchev–Trinajstić information content (AvgIpc) is 2.96. The predicted octanol–water partition coefficient (Wildman–Crippen LogP) is 2.92. The normalized spacial score (nSPS) is 10.2. The van der Waals surface area contributed by atoms with Crippen LogP contribution in [0, 0.1) is 0 Å². The highest BCUT2D eigenvalue weighted by Crippen LogP contribution is 2.19. The van der Waals surface area contributed by atoms with Crippen molar-refractivity contribution in [2.75, 3.05) is 13.6 Å². The molecule has 0 saturated heterocycles. The van der Waals surface area contributed by atoms with Gasteiger partial charge in [-0.1, -0.05) is 42.1 Å². The number of hydrogen-bond donors (Lipinski definition) is 0. The maximum atomic E-state index is 11.3. The van der Waals surface area contributed by atoms with E-state index in [0.29, 0.717) is 6.54 Å². The van der Waals surface area contributed by atoms with Crippen molar-refractivity contribution in [1.29, 1.82) is 0 Å². The first-order valence-corrected chi connectivity index (χ1v) is 6.59. The van der Waals surface area contributed by atoms with Crippen LogP contribution < -0.4 is 0 Å². The number of aryl methyl sites for hydroxylation is 1. The fraction of sp³-hybridized carbons (Fsp3) is 0.250. The molecule has 0 N–H and O–H groups in total. The standard InChI is InChI=1S/C16H18N2O2/c1-3-16(19)18(2)11-7-10-14-12-15(17-20-14)13-8-5-4-6-9-13/h3-6,8-9,12H,1,7,10-11H2,2H3. The molecule has 0 spiro atoms. The quantitative estimate of drug-likeness (QED) is 0.758. The van der Waals surface area contributed by atoms with Gasteiger partial charge in [0.25, 0.3) is 0 Å². The zero-order valence-corrected chi connectivity index (χ0v) is 11.6. The summed E-state index contributed by atoms with van der Waals surface area (Å²) in [5.41, 5.74) is 1.89. The number of benzene rings is 1. The molecule has 0 atom stereocenters. The second-order valence-electron chi connectivity index (χ2n) is 4.61. The zero-order valence-electron chi connectivity index (χ0n) is 11.6. The number of carbonyl (C=O) groups excluding carboxylic acids is 1. The summed E-state index contributed by atoms with van der Waals surface area (Å²) in [7, 11) is 1.76. The van der Waals surface area contributed by atoms with Crippen molar-refractivity contribution in [2.24, 2.45) is 0 Å². The van der Waals surface area contributed by atoms with Crippen LogP contribution in [0.2, 0.25) is 0 Å². The average molecular weight is 270 g/mol. The van der Waals surface area contributed by atoms with Gasteiger partial charge in [-0.2, -0.15) is 0 Å².